The molecule has 5 heteroatoms. The number of aromatic amines is 1. The molecule has 3 rings (SSSR count). The summed E-state index contributed by atoms with van der Waals surface area (Å²) >= 11 is 0. The predicted molar refractivity (Wildman–Crippen MR) is 102 cm³/mol. The second-order valence-electron chi connectivity index (χ2n) is 7.11. The summed E-state index contributed by atoms with van der Waals surface area (Å²) in [6, 6.07) is 9.87. The first-order chi connectivity index (χ1) is 12.1. The highest BCUT2D eigenvalue weighted by Gasteiger charge is 2.21. The van der Waals surface area contributed by atoms with E-state index < -0.39 is 0 Å². The first-order valence-electron chi connectivity index (χ1n) is 9.31. The highest BCUT2D eigenvalue weighted by molar-refractivity contribution is 5.78. The molecule has 0 bridgehead atoms. The van der Waals surface area contributed by atoms with Gasteiger partial charge < -0.3 is 15.0 Å². The fourth-order valence-electron chi connectivity index (χ4n) is 3.60. The number of morpholine rings is 1. The van der Waals surface area contributed by atoms with Gasteiger partial charge in [-0.3, -0.25) is 9.69 Å². The van der Waals surface area contributed by atoms with Gasteiger partial charge in [0.15, 0.2) is 0 Å². The van der Waals surface area contributed by atoms with Crippen LogP contribution in [0.5, 0.6) is 0 Å². The van der Waals surface area contributed by atoms with Crippen molar-refractivity contribution in [3.05, 3.63) is 46.2 Å². The van der Waals surface area contributed by atoms with Crippen LogP contribution < -0.4 is 10.9 Å². The van der Waals surface area contributed by atoms with Gasteiger partial charge in [-0.15, -0.1) is 0 Å². The molecule has 2 heterocycles. The van der Waals surface area contributed by atoms with Crippen LogP contribution >= 0.6 is 0 Å². The summed E-state index contributed by atoms with van der Waals surface area (Å²) < 4.78 is 5.77. The van der Waals surface area contributed by atoms with Crippen LogP contribution in [0.4, 0.5) is 0 Å². The number of nitrogens with one attached hydrogen (secondary N) is 2. The van der Waals surface area contributed by atoms with Crippen molar-refractivity contribution >= 4 is 10.9 Å². The maximum Gasteiger partial charge on any atom is 0.252 e. The Bertz CT molecular complexity index is 733. The smallest absolute Gasteiger partial charge is 0.252 e. The molecular formula is C20H29N3O2. The first kappa shape index (κ1) is 18.1. The minimum atomic E-state index is 0.00231. The van der Waals surface area contributed by atoms with E-state index in [1.165, 1.54) is 6.42 Å². The van der Waals surface area contributed by atoms with Crippen molar-refractivity contribution in [2.24, 2.45) is 0 Å². The van der Waals surface area contributed by atoms with E-state index in [2.05, 4.69) is 29.0 Å². The molecule has 0 radical (unpaired) electrons. The predicted octanol–water partition coefficient (Wildman–Crippen LogP) is 2.51. The Kier molecular flexibility index (Phi) is 6.24. The molecule has 2 N–H and O–H groups in total. The van der Waals surface area contributed by atoms with Crippen molar-refractivity contribution < 1.29 is 4.74 Å². The number of para-hydroxylation sites is 1. The van der Waals surface area contributed by atoms with E-state index >= 15 is 0 Å². The number of nitrogens with zero attached hydrogens (tertiary/aromatic N) is 1. The minimum absolute atomic E-state index is 0.00231. The van der Waals surface area contributed by atoms with Crippen molar-refractivity contribution in [3.63, 3.8) is 0 Å². The molecule has 0 spiro atoms. The molecule has 1 aromatic heterocycles. The Hall–Kier alpha value is -1.69. The Labute approximate surface area is 149 Å². The van der Waals surface area contributed by atoms with Crippen LogP contribution in [0.3, 0.4) is 0 Å². The Balaban J connectivity index is 1.39. The highest BCUT2D eigenvalue weighted by atomic mass is 16.5. The van der Waals surface area contributed by atoms with Gasteiger partial charge in [-0.25, -0.2) is 0 Å². The fourth-order valence-corrected chi connectivity index (χ4v) is 3.60. The lowest BCUT2D eigenvalue weighted by molar-refractivity contribution is -0.0681. The molecule has 1 saturated heterocycles. The Morgan fingerprint density at radius 2 is 1.96 bits per heavy atom. The van der Waals surface area contributed by atoms with Crippen molar-refractivity contribution in [3.8, 4) is 0 Å². The van der Waals surface area contributed by atoms with Crippen molar-refractivity contribution in [2.45, 2.75) is 45.4 Å². The van der Waals surface area contributed by atoms with E-state index in [1.54, 1.807) is 0 Å². The van der Waals surface area contributed by atoms with Gasteiger partial charge in [0, 0.05) is 30.7 Å². The van der Waals surface area contributed by atoms with Gasteiger partial charge in [-0.05, 0) is 57.3 Å². The lowest BCUT2D eigenvalue weighted by atomic mass is 10.1. The molecule has 0 unspecified atom stereocenters. The molecule has 2 aromatic rings. The number of fused-ring (bicyclic) bond motifs is 1. The number of H-pyrrole nitrogens is 1. The van der Waals surface area contributed by atoms with Gasteiger partial charge in [0.2, 0.25) is 0 Å². The molecule has 0 amide bonds. The van der Waals surface area contributed by atoms with E-state index in [0.717, 1.165) is 49.1 Å². The summed E-state index contributed by atoms with van der Waals surface area (Å²) in [5.74, 6) is 0. The normalized spacial score (nSPS) is 21.7. The van der Waals surface area contributed by atoms with Gasteiger partial charge in [0.1, 0.15) is 0 Å². The molecule has 1 aliphatic heterocycles. The number of hydrogen-bond acceptors (Lipinski definition) is 4. The standard InChI is InChI=1S/C20H29N3O2/c1-15-13-23(14-16(2)25-15)10-6-5-9-21-12-18-11-17-7-3-4-8-19(17)22-20(18)24/h3-4,7-8,11,15-16,21H,5-6,9-10,12-14H2,1-2H3,(H,22,24)/t15-,16-/m0/s1. The van der Waals surface area contributed by atoms with Gasteiger partial charge >= 0.3 is 0 Å². The zero-order chi connectivity index (χ0) is 17.6. The van der Waals surface area contributed by atoms with Gasteiger partial charge in [0.05, 0.1) is 12.2 Å². The summed E-state index contributed by atoms with van der Waals surface area (Å²) in [4.78, 5) is 17.5. The van der Waals surface area contributed by atoms with E-state index in [4.69, 9.17) is 4.74 Å². The largest absolute Gasteiger partial charge is 0.373 e. The second kappa shape index (κ2) is 8.61. The third kappa shape index (κ3) is 5.14. The van der Waals surface area contributed by atoms with Crippen LogP contribution in [0.2, 0.25) is 0 Å². The maximum absolute atomic E-state index is 12.1. The zero-order valence-corrected chi connectivity index (χ0v) is 15.3. The van der Waals surface area contributed by atoms with E-state index in [-0.39, 0.29) is 5.56 Å². The third-order valence-corrected chi connectivity index (χ3v) is 4.72. The lowest BCUT2D eigenvalue weighted by Gasteiger charge is -2.35. The molecule has 1 aromatic carbocycles. The van der Waals surface area contributed by atoms with Crippen LogP contribution in [0.1, 0.15) is 32.3 Å². The Morgan fingerprint density at radius 1 is 1.20 bits per heavy atom. The highest BCUT2D eigenvalue weighted by Crippen LogP contribution is 2.11. The maximum atomic E-state index is 12.1. The molecule has 1 fully saturated rings. The number of benzene rings is 1. The summed E-state index contributed by atoms with van der Waals surface area (Å²) in [7, 11) is 0. The molecule has 0 aliphatic carbocycles. The number of unbranched alkanes of at least 4 members (excludes halogenated alkanes) is 1. The van der Waals surface area contributed by atoms with E-state index in [9.17, 15) is 4.79 Å². The third-order valence-electron chi connectivity index (χ3n) is 4.72. The average molecular weight is 343 g/mol. The van der Waals surface area contributed by atoms with Crippen molar-refractivity contribution in [1.82, 2.24) is 15.2 Å². The lowest BCUT2D eigenvalue weighted by Crippen LogP contribution is -2.45. The van der Waals surface area contributed by atoms with Gasteiger partial charge in [-0.2, -0.15) is 0 Å². The van der Waals surface area contributed by atoms with Crippen molar-refractivity contribution in [1.29, 1.82) is 0 Å². The molecule has 136 valence electrons. The minimum Gasteiger partial charge on any atom is -0.373 e. The SMILES string of the molecule is C[C@H]1CN(CCCCNCc2cc3ccccc3[nH]c2=O)C[C@H](C)O1. The Morgan fingerprint density at radius 3 is 2.76 bits per heavy atom. The quantitative estimate of drug-likeness (QED) is 0.759. The number of hydrogen-bond donors (Lipinski definition) is 2. The zero-order valence-electron chi connectivity index (χ0n) is 15.3. The van der Waals surface area contributed by atoms with Crippen LogP contribution in [-0.2, 0) is 11.3 Å². The van der Waals surface area contributed by atoms with E-state index in [0.29, 0.717) is 18.8 Å². The molecule has 2 atom stereocenters. The molecule has 25 heavy (non-hydrogen) atoms. The van der Waals surface area contributed by atoms with Crippen LogP contribution in [0, 0.1) is 0 Å². The summed E-state index contributed by atoms with van der Waals surface area (Å²) in [5, 5.41) is 4.48. The number of pyridine rings is 1. The van der Waals surface area contributed by atoms with Gasteiger partial charge in [-0.1, -0.05) is 18.2 Å². The van der Waals surface area contributed by atoms with Crippen LogP contribution in [0.25, 0.3) is 10.9 Å². The van der Waals surface area contributed by atoms with E-state index in [1.807, 2.05) is 30.3 Å². The monoisotopic (exact) mass is 343 g/mol. The summed E-state index contributed by atoms with van der Waals surface area (Å²) in [6.07, 6.45) is 2.95. The first-order valence-corrected chi connectivity index (χ1v) is 9.31. The fraction of sp³-hybridized carbons (Fsp3) is 0.550. The summed E-state index contributed by atoms with van der Waals surface area (Å²) in [6.45, 7) is 9.02. The number of ether oxygens (including phenoxy) is 1. The molecular weight excluding hydrogens is 314 g/mol. The van der Waals surface area contributed by atoms with Gasteiger partial charge in [0.25, 0.3) is 5.56 Å². The van der Waals surface area contributed by atoms with Crippen LogP contribution in [-0.4, -0.2) is 48.3 Å². The molecule has 0 saturated carbocycles. The van der Waals surface area contributed by atoms with Crippen molar-refractivity contribution in [2.75, 3.05) is 26.2 Å². The average Bonchev–Trinajstić information content (AvgIpc) is 2.57. The van der Waals surface area contributed by atoms with Crippen LogP contribution in [0.15, 0.2) is 35.1 Å². The second-order valence-corrected chi connectivity index (χ2v) is 7.11. The topological polar surface area (TPSA) is 57.4 Å². The molecule has 1 aliphatic rings. The number of rotatable bonds is 7. The molecule has 5 nitrogen and oxygen atoms in total. The summed E-state index contributed by atoms with van der Waals surface area (Å²) in [5.41, 5.74) is 1.70. The number of aromatic nitrogens is 1.